The predicted octanol–water partition coefficient (Wildman–Crippen LogP) is 1.97. The number of hydrogen-bond acceptors (Lipinski definition) is 3. The number of H-pyrrole nitrogens is 1. The quantitative estimate of drug-likeness (QED) is 0.859. The number of ether oxygens (including phenoxy) is 1. The van der Waals surface area contributed by atoms with Gasteiger partial charge in [-0.15, -0.1) is 0 Å². The Kier molecular flexibility index (Phi) is 3.09. The molecule has 2 rings (SSSR count). The Morgan fingerprint density at radius 3 is 2.72 bits per heavy atom. The van der Waals surface area contributed by atoms with Crippen molar-refractivity contribution < 1.29 is 9.53 Å². The number of amides is 1. The van der Waals surface area contributed by atoms with Crippen LogP contribution in [0.25, 0.3) is 0 Å². The molecule has 0 aromatic carbocycles. The number of carbonyl (C=O) groups is 1. The first kappa shape index (κ1) is 12.9. The first-order valence-corrected chi connectivity index (χ1v) is 6.21. The number of methoxy groups -OCH3 is 1. The lowest BCUT2D eigenvalue weighted by atomic mass is 9.55. The zero-order chi connectivity index (χ0) is 13.4. The van der Waals surface area contributed by atoms with Crippen molar-refractivity contribution in [1.82, 2.24) is 15.5 Å². The minimum atomic E-state index is -0.133. The lowest BCUT2D eigenvalue weighted by Crippen LogP contribution is -2.48. The van der Waals surface area contributed by atoms with E-state index in [2.05, 4.69) is 36.3 Å². The number of carbonyl (C=O) groups excluding carboxylic acids is 1. The summed E-state index contributed by atoms with van der Waals surface area (Å²) in [7, 11) is 1.51. The van der Waals surface area contributed by atoms with Crippen molar-refractivity contribution in [3.63, 3.8) is 0 Å². The highest BCUT2D eigenvalue weighted by Gasteiger charge is 2.45. The Labute approximate surface area is 107 Å². The van der Waals surface area contributed by atoms with Gasteiger partial charge in [-0.2, -0.15) is 5.10 Å². The summed E-state index contributed by atoms with van der Waals surface area (Å²) in [5.74, 6) is 0.276. The van der Waals surface area contributed by atoms with E-state index in [4.69, 9.17) is 4.74 Å². The molecule has 1 aromatic heterocycles. The van der Waals surface area contributed by atoms with Crippen LogP contribution in [0.15, 0.2) is 6.20 Å². The van der Waals surface area contributed by atoms with Gasteiger partial charge in [-0.25, -0.2) is 5.10 Å². The third-order valence-corrected chi connectivity index (χ3v) is 3.54. The summed E-state index contributed by atoms with van der Waals surface area (Å²) in [4.78, 5) is 12.0. The number of aromatic nitrogens is 2. The Hall–Kier alpha value is -1.52. The molecule has 1 aromatic rings. The van der Waals surface area contributed by atoms with Crippen molar-refractivity contribution in [2.75, 3.05) is 13.7 Å². The molecule has 0 bridgehead atoms. The minimum Gasteiger partial charge on any atom is -0.481 e. The number of nitrogens with one attached hydrogen (secondary N) is 2. The Balaban J connectivity index is 1.90. The van der Waals surface area contributed by atoms with Crippen LogP contribution >= 0.6 is 0 Å². The van der Waals surface area contributed by atoms with Crippen LogP contribution in [0.4, 0.5) is 0 Å². The van der Waals surface area contributed by atoms with E-state index in [1.807, 2.05) is 0 Å². The standard InChI is InChI=1S/C13H21N3O2/c1-12(2)6-13(3,7-12)8-14-10(17)9-5-15-16-11(9)18-4/h5H,6-8H2,1-4H3,(H,14,17)(H,15,16). The van der Waals surface area contributed by atoms with Gasteiger partial charge in [0.25, 0.3) is 5.91 Å². The molecule has 5 heteroatoms. The van der Waals surface area contributed by atoms with Gasteiger partial charge in [0.15, 0.2) is 0 Å². The monoisotopic (exact) mass is 251 g/mol. The van der Waals surface area contributed by atoms with Crippen LogP contribution in [0.5, 0.6) is 5.88 Å². The molecule has 1 aliphatic rings. The lowest BCUT2D eigenvalue weighted by Gasteiger charge is -2.51. The van der Waals surface area contributed by atoms with Crippen LogP contribution in [0, 0.1) is 10.8 Å². The van der Waals surface area contributed by atoms with Crippen LogP contribution in [0.1, 0.15) is 44.0 Å². The van der Waals surface area contributed by atoms with Crippen molar-refractivity contribution >= 4 is 5.91 Å². The van der Waals surface area contributed by atoms with Gasteiger partial charge in [-0.3, -0.25) is 4.79 Å². The molecular weight excluding hydrogens is 230 g/mol. The number of aromatic amines is 1. The fraction of sp³-hybridized carbons (Fsp3) is 0.692. The zero-order valence-corrected chi connectivity index (χ0v) is 11.5. The maximum atomic E-state index is 12.0. The topological polar surface area (TPSA) is 67.0 Å². The molecule has 2 N–H and O–H groups in total. The maximum absolute atomic E-state index is 12.0. The largest absolute Gasteiger partial charge is 0.481 e. The molecule has 1 saturated carbocycles. The second kappa shape index (κ2) is 4.30. The van der Waals surface area contributed by atoms with E-state index in [1.54, 1.807) is 0 Å². The summed E-state index contributed by atoms with van der Waals surface area (Å²) >= 11 is 0. The van der Waals surface area contributed by atoms with E-state index < -0.39 is 0 Å². The van der Waals surface area contributed by atoms with Crippen LogP contribution in [0.3, 0.4) is 0 Å². The molecule has 0 unspecified atom stereocenters. The van der Waals surface area contributed by atoms with E-state index in [1.165, 1.54) is 13.3 Å². The van der Waals surface area contributed by atoms with Crippen molar-refractivity contribution in [2.24, 2.45) is 10.8 Å². The molecule has 100 valence electrons. The van der Waals surface area contributed by atoms with Gasteiger partial charge >= 0.3 is 0 Å². The normalized spacial score (nSPS) is 20.0. The molecule has 1 heterocycles. The van der Waals surface area contributed by atoms with Crippen LogP contribution < -0.4 is 10.1 Å². The summed E-state index contributed by atoms with van der Waals surface area (Å²) in [6.45, 7) is 7.43. The van der Waals surface area contributed by atoms with Gasteiger partial charge in [-0.05, 0) is 23.7 Å². The first-order chi connectivity index (χ1) is 8.35. The molecule has 0 saturated heterocycles. The van der Waals surface area contributed by atoms with Crippen molar-refractivity contribution in [1.29, 1.82) is 0 Å². The first-order valence-electron chi connectivity index (χ1n) is 6.21. The maximum Gasteiger partial charge on any atom is 0.258 e. The number of hydrogen-bond donors (Lipinski definition) is 2. The molecule has 18 heavy (non-hydrogen) atoms. The average Bonchev–Trinajstić information content (AvgIpc) is 2.71. The third kappa shape index (κ3) is 2.49. The fourth-order valence-corrected chi connectivity index (χ4v) is 3.36. The highest BCUT2D eigenvalue weighted by atomic mass is 16.5. The van der Waals surface area contributed by atoms with Gasteiger partial charge < -0.3 is 10.1 Å². The van der Waals surface area contributed by atoms with E-state index in [0.29, 0.717) is 23.4 Å². The highest BCUT2D eigenvalue weighted by molar-refractivity contribution is 5.96. The lowest BCUT2D eigenvalue weighted by molar-refractivity contribution is 0.00452. The number of nitrogens with zero attached hydrogens (tertiary/aromatic N) is 1. The molecule has 1 amide bonds. The molecule has 5 nitrogen and oxygen atoms in total. The van der Waals surface area contributed by atoms with Crippen LogP contribution in [0.2, 0.25) is 0 Å². The molecule has 1 fully saturated rings. The summed E-state index contributed by atoms with van der Waals surface area (Å²) in [6.07, 6.45) is 3.77. The SMILES string of the molecule is COc1[nH]ncc1C(=O)NCC1(C)CC(C)(C)C1. The predicted molar refractivity (Wildman–Crippen MR) is 68.6 cm³/mol. The third-order valence-electron chi connectivity index (χ3n) is 3.54. The molecule has 0 atom stereocenters. The van der Waals surface area contributed by atoms with Gasteiger partial charge in [0.05, 0.1) is 13.3 Å². The fourth-order valence-electron chi connectivity index (χ4n) is 3.36. The summed E-state index contributed by atoms with van der Waals surface area (Å²) in [5, 5.41) is 9.41. The molecular formula is C13H21N3O2. The van der Waals surface area contributed by atoms with Gasteiger partial charge in [0.2, 0.25) is 5.88 Å². The van der Waals surface area contributed by atoms with E-state index in [0.717, 1.165) is 12.8 Å². The summed E-state index contributed by atoms with van der Waals surface area (Å²) in [6, 6.07) is 0. The zero-order valence-electron chi connectivity index (χ0n) is 11.5. The average molecular weight is 251 g/mol. The minimum absolute atomic E-state index is 0.133. The van der Waals surface area contributed by atoms with Crippen LogP contribution in [-0.4, -0.2) is 29.8 Å². The van der Waals surface area contributed by atoms with E-state index >= 15 is 0 Å². The van der Waals surface area contributed by atoms with E-state index in [-0.39, 0.29) is 11.3 Å². The summed E-state index contributed by atoms with van der Waals surface area (Å²) in [5.41, 5.74) is 1.09. The van der Waals surface area contributed by atoms with Crippen molar-refractivity contribution in [2.45, 2.75) is 33.6 Å². The number of rotatable bonds is 4. The molecule has 0 spiro atoms. The Bertz CT molecular complexity index is 443. The summed E-state index contributed by atoms with van der Waals surface area (Å²) < 4.78 is 5.03. The molecule has 0 aliphatic heterocycles. The Morgan fingerprint density at radius 1 is 1.50 bits per heavy atom. The van der Waals surface area contributed by atoms with Crippen molar-refractivity contribution in [3.8, 4) is 5.88 Å². The molecule has 1 aliphatic carbocycles. The second-order valence-electron chi connectivity index (χ2n) is 6.33. The van der Waals surface area contributed by atoms with Gasteiger partial charge in [-0.1, -0.05) is 20.8 Å². The van der Waals surface area contributed by atoms with Gasteiger partial charge in [0, 0.05) is 6.54 Å². The van der Waals surface area contributed by atoms with E-state index in [9.17, 15) is 4.79 Å². The highest BCUT2D eigenvalue weighted by Crippen LogP contribution is 2.53. The van der Waals surface area contributed by atoms with Crippen LogP contribution in [-0.2, 0) is 0 Å². The molecule has 0 radical (unpaired) electrons. The van der Waals surface area contributed by atoms with Gasteiger partial charge in [0.1, 0.15) is 5.56 Å². The smallest absolute Gasteiger partial charge is 0.258 e. The van der Waals surface area contributed by atoms with Crippen molar-refractivity contribution in [3.05, 3.63) is 11.8 Å². The Morgan fingerprint density at radius 2 is 2.17 bits per heavy atom. The second-order valence-corrected chi connectivity index (χ2v) is 6.33.